The number of ether oxygens (including phenoxy) is 2. The Kier molecular flexibility index (Phi) is 8.00. The number of fused-ring (bicyclic) bond motifs is 1. The molecule has 0 unspecified atom stereocenters. The molecule has 0 aliphatic rings. The van der Waals surface area contributed by atoms with Gasteiger partial charge in [0, 0.05) is 43.4 Å². The summed E-state index contributed by atoms with van der Waals surface area (Å²) in [6.07, 6.45) is 1.73. The standard InChI is InChI=1S/C21H34N4O4S/c1-21(2,3)30(26,27)11-10-24-20(22-4)23-9-7-8-15-12-17-18(25-15)13-16(28-5)14-19(17)29-6/h12-14,25H,7-11H2,1-6H3,(H2,22,23,24). The summed E-state index contributed by atoms with van der Waals surface area (Å²) >= 11 is 0. The van der Waals surface area contributed by atoms with Gasteiger partial charge in [-0.2, -0.15) is 0 Å². The Morgan fingerprint density at radius 2 is 1.80 bits per heavy atom. The van der Waals surface area contributed by atoms with Crippen LogP contribution in [0.3, 0.4) is 0 Å². The summed E-state index contributed by atoms with van der Waals surface area (Å²) in [7, 11) is 1.80. The van der Waals surface area contributed by atoms with Gasteiger partial charge in [0.2, 0.25) is 0 Å². The molecule has 0 saturated heterocycles. The monoisotopic (exact) mass is 438 g/mol. The summed E-state index contributed by atoms with van der Waals surface area (Å²) in [4.78, 5) is 7.56. The molecule has 0 saturated carbocycles. The van der Waals surface area contributed by atoms with Crippen LogP contribution in [0.2, 0.25) is 0 Å². The van der Waals surface area contributed by atoms with Gasteiger partial charge in [0.25, 0.3) is 0 Å². The molecule has 2 aromatic rings. The Bertz CT molecular complexity index is 975. The van der Waals surface area contributed by atoms with E-state index >= 15 is 0 Å². The fourth-order valence-electron chi connectivity index (χ4n) is 2.97. The van der Waals surface area contributed by atoms with E-state index in [0.717, 1.165) is 40.9 Å². The number of methoxy groups -OCH3 is 2. The minimum atomic E-state index is -3.16. The third-order valence-corrected chi connectivity index (χ3v) is 7.53. The van der Waals surface area contributed by atoms with Crippen LogP contribution in [0.1, 0.15) is 32.9 Å². The molecule has 9 heteroatoms. The van der Waals surface area contributed by atoms with Gasteiger partial charge in [0.1, 0.15) is 11.5 Å². The summed E-state index contributed by atoms with van der Waals surface area (Å²) in [6.45, 7) is 6.17. The molecule has 0 radical (unpaired) electrons. The number of guanidine groups is 1. The van der Waals surface area contributed by atoms with E-state index in [9.17, 15) is 8.42 Å². The van der Waals surface area contributed by atoms with E-state index in [4.69, 9.17) is 9.47 Å². The maximum absolute atomic E-state index is 12.2. The van der Waals surface area contributed by atoms with Crippen molar-refractivity contribution in [2.75, 3.05) is 40.1 Å². The third kappa shape index (κ3) is 6.04. The van der Waals surface area contributed by atoms with Crippen molar-refractivity contribution in [1.82, 2.24) is 15.6 Å². The fourth-order valence-corrected chi connectivity index (χ4v) is 3.96. The predicted molar refractivity (Wildman–Crippen MR) is 123 cm³/mol. The van der Waals surface area contributed by atoms with Gasteiger partial charge >= 0.3 is 0 Å². The summed E-state index contributed by atoms with van der Waals surface area (Å²) in [5.41, 5.74) is 2.09. The van der Waals surface area contributed by atoms with Gasteiger partial charge < -0.3 is 25.1 Å². The molecule has 1 aromatic carbocycles. The van der Waals surface area contributed by atoms with Gasteiger partial charge in [-0.1, -0.05) is 0 Å². The van der Waals surface area contributed by atoms with Gasteiger partial charge in [-0.25, -0.2) is 8.42 Å². The molecule has 1 heterocycles. The van der Waals surface area contributed by atoms with Crippen molar-refractivity contribution in [2.45, 2.75) is 38.4 Å². The number of aromatic amines is 1. The van der Waals surface area contributed by atoms with E-state index in [-0.39, 0.29) is 5.75 Å². The highest BCUT2D eigenvalue weighted by atomic mass is 32.2. The zero-order chi connectivity index (χ0) is 22.4. The smallest absolute Gasteiger partial charge is 0.191 e. The van der Waals surface area contributed by atoms with Crippen LogP contribution in [-0.2, 0) is 16.3 Å². The number of H-pyrrole nitrogens is 1. The van der Waals surface area contributed by atoms with E-state index in [1.54, 1.807) is 42.0 Å². The Morgan fingerprint density at radius 3 is 2.40 bits per heavy atom. The molecule has 3 N–H and O–H groups in total. The second kappa shape index (κ2) is 10.1. The van der Waals surface area contributed by atoms with Crippen molar-refractivity contribution in [3.05, 3.63) is 23.9 Å². The van der Waals surface area contributed by atoms with E-state index in [0.29, 0.717) is 19.0 Å². The van der Waals surface area contributed by atoms with Crippen LogP contribution in [0, 0.1) is 0 Å². The maximum atomic E-state index is 12.2. The minimum absolute atomic E-state index is 0.0670. The molecule has 0 fully saturated rings. The van der Waals surface area contributed by atoms with Gasteiger partial charge in [-0.05, 0) is 39.7 Å². The van der Waals surface area contributed by atoms with E-state index in [1.165, 1.54) is 0 Å². The first kappa shape index (κ1) is 23.9. The van der Waals surface area contributed by atoms with Crippen LogP contribution in [0.5, 0.6) is 11.5 Å². The van der Waals surface area contributed by atoms with Crippen molar-refractivity contribution in [1.29, 1.82) is 0 Å². The molecule has 0 aliphatic heterocycles. The molecule has 2 rings (SSSR count). The van der Waals surface area contributed by atoms with Gasteiger partial charge in [-0.3, -0.25) is 4.99 Å². The number of aromatic nitrogens is 1. The average Bonchev–Trinajstić information content (AvgIpc) is 3.10. The van der Waals surface area contributed by atoms with Crippen LogP contribution in [0.4, 0.5) is 0 Å². The van der Waals surface area contributed by atoms with Crippen molar-refractivity contribution in [3.63, 3.8) is 0 Å². The van der Waals surface area contributed by atoms with Crippen molar-refractivity contribution >= 4 is 26.7 Å². The summed E-state index contributed by atoms with van der Waals surface area (Å²) in [6, 6.07) is 5.92. The molecule has 1 aromatic heterocycles. The minimum Gasteiger partial charge on any atom is -0.497 e. The highest BCUT2D eigenvalue weighted by Gasteiger charge is 2.28. The molecular weight excluding hydrogens is 404 g/mol. The van der Waals surface area contributed by atoms with Crippen LogP contribution in [0.25, 0.3) is 10.9 Å². The Labute approximate surface area is 179 Å². The zero-order valence-electron chi connectivity index (χ0n) is 18.8. The Balaban J connectivity index is 1.83. The highest BCUT2D eigenvalue weighted by Crippen LogP contribution is 2.31. The number of benzene rings is 1. The normalized spacial score (nSPS) is 12.8. The average molecular weight is 439 g/mol. The SMILES string of the molecule is CN=C(NCCCc1cc2c(OC)cc(OC)cc2[nH]1)NCCS(=O)(=O)C(C)(C)C. The van der Waals surface area contributed by atoms with Gasteiger partial charge in [-0.15, -0.1) is 0 Å². The van der Waals surface area contributed by atoms with Crippen molar-refractivity contribution in [3.8, 4) is 11.5 Å². The lowest BCUT2D eigenvalue weighted by molar-refractivity contribution is 0.398. The number of nitrogens with zero attached hydrogens (tertiary/aromatic N) is 1. The molecule has 0 amide bonds. The predicted octanol–water partition coefficient (Wildman–Crippen LogP) is 2.50. The molecule has 0 atom stereocenters. The van der Waals surface area contributed by atoms with E-state index < -0.39 is 14.6 Å². The molecule has 8 nitrogen and oxygen atoms in total. The summed E-state index contributed by atoms with van der Waals surface area (Å²) in [5, 5.41) is 7.32. The first-order valence-electron chi connectivity index (χ1n) is 10.0. The maximum Gasteiger partial charge on any atom is 0.191 e. The summed E-state index contributed by atoms with van der Waals surface area (Å²) in [5.74, 6) is 2.19. The number of hydrogen-bond acceptors (Lipinski definition) is 5. The topological polar surface area (TPSA) is 105 Å². The lowest BCUT2D eigenvalue weighted by atomic mass is 10.2. The molecular formula is C21H34N4O4S. The Morgan fingerprint density at radius 1 is 1.10 bits per heavy atom. The number of hydrogen-bond donors (Lipinski definition) is 3. The number of sulfone groups is 1. The third-order valence-electron chi connectivity index (χ3n) is 4.92. The van der Waals surface area contributed by atoms with E-state index in [2.05, 4.69) is 26.7 Å². The second-order valence-corrected chi connectivity index (χ2v) is 10.9. The first-order valence-corrected chi connectivity index (χ1v) is 11.7. The number of aryl methyl sites for hydroxylation is 1. The highest BCUT2D eigenvalue weighted by molar-refractivity contribution is 7.92. The lowest BCUT2D eigenvalue weighted by Gasteiger charge is -2.19. The summed E-state index contributed by atoms with van der Waals surface area (Å²) < 4.78 is 34.4. The number of aliphatic imine (C=N–C) groups is 1. The van der Waals surface area contributed by atoms with Crippen LogP contribution >= 0.6 is 0 Å². The molecule has 30 heavy (non-hydrogen) atoms. The molecule has 168 valence electrons. The largest absolute Gasteiger partial charge is 0.497 e. The number of rotatable bonds is 9. The van der Waals surface area contributed by atoms with Gasteiger partial charge in [0.15, 0.2) is 15.8 Å². The molecule has 0 spiro atoms. The van der Waals surface area contributed by atoms with Crippen molar-refractivity contribution < 1.29 is 17.9 Å². The fraction of sp³-hybridized carbons (Fsp3) is 0.571. The van der Waals surface area contributed by atoms with Gasteiger partial charge in [0.05, 0.1) is 30.2 Å². The van der Waals surface area contributed by atoms with Crippen LogP contribution in [0.15, 0.2) is 23.2 Å². The second-order valence-electron chi connectivity index (χ2n) is 8.05. The Hall–Kier alpha value is -2.42. The molecule has 0 bridgehead atoms. The van der Waals surface area contributed by atoms with E-state index in [1.807, 2.05) is 12.1 Å². The quantitative estimate of drug-likeness (QED) is 0.316. The lowest BCUT2D eigenvalue weighted by Crippen LogP contribution is -2.42. The van der Waals surface area contributed by atoms with Crippen LogP contribution in [-0.4, -0.2) is 64.2 Å². The van der Waals surface area contributed by atoms with Crippen molar-refractivity contribution in [2.24, 2.45) is 4.99 Å². The molecule has 0 aliphatic carbocycles. The zero-order valence-corrected chi connectivity index (χ0v) is 19.6. The first-order chi connectivity index (χ1) is 14.1. The number of nitrogens with one attached hydrogen (secondary N) is 3. The van der Waals surface area contributed by atoms with Crippen LogP contribution < -0.4 is 20.1 Å².